The fraction of sp³-hybridized carbons (Fsp3) is 1.00. The van der Waals surface area contributed by atoms with Crippen molar-refractivity contribution in [3.05, 3.63) is 0 Å². The van der Waals surface area contributed by atoms with Gasteiger partial charge in [0.1, 0.15) is 0 Å². The van der Waals surface area contributed by atoms with Crippen molar-refractivity contribution >= 4 is 65.3 Å². The molecule has 0 saturated heterocycles. The van der Waals surface area contributed by atoms with E-state index in [1.165, 1.54) is 21.6 Å². The standard InChI is InChI=1S/C12H26O6S6/c13-11(9-21-19-5-1-3-7-23(15)16)12(14)10-22-20-6-2-4-8-24(17)18/h11-14H,1-10H2,(H,15,16)(H,17,18). The van der Waals surface area contributed by atoms with Crippen molar-refractivity contribution < 1.29 is 27.7 Å². The molecule has 0 rings (SSSR count). The van der Waals surface area contributed by atoms with Crippen LogP contribution in [-0.4, -0.2) is 74.5 Å². The molecule has 0 aromatic rings. The minimum atomic E-state index is -1.71. The number of rotatable bonds is 17. The number of hydrogen-bond donors (Lipinski definition) is 4. The third-order valence-electron chi connectivity index (χ3n) is 2.68. The van der Waals surface area contributed by atoms with Gasteiger partial charge in [-0.25, -0.2) is 8.42 Å². The molecule has 4 N–H and O–H groups in total. The predicted molar refractivity (Wildman–Crippen MR) is 112 cm³/mol. The fourth-order valence-corrected chi connectivity index (χ4v) is 6.87. The lowest BCUT2D eigenvalue weighted by Crippen LogP contribution is -2.29. The lowest BCUT2D eigenvalue weighted by Gasteiger charge is -2.16. The Hall–Kier alpha value is 1.54. The molecule has 24 heavy (non-hydrogen) atoms. The average molecular weight is 459 g/mol. The maximum atomic E-state index is 10.5. The van der Waals surface area contributed by atoms with Crippen LogP contribution in [0.1, 0.15) is 25.7 Å². The first-order valence-electron chi connectivity index (χ1n) is 7.43. The van der Waals surface area contributed by atoms with Gasteiger partial charge in [0.15, 0.2) is 22.2 Å². The molecule has 0 aromatic carbocycles. The zero-order valence-electron chi connectivity index (χ0n) is 13.3. The third kappa shape index (κ3) is 18.3. The van der Waals surface area contributed by atoms with Gasteiger partial charge in [0, 0.05) is 34.5 Å². The summed E-state index contributed by atoms with van der Waals surface area (Å²) >= 11 is -3.43. The fourth-order valence-electron chi connectivity index (χ4n) is 1.35. The highest BCUT2D eigenvalue weighted by Gasteiger charge is 2.16. The lowest BCUT2D eigenvalue weighted by molar-refractivity contribution is 0.0503. The van der Waals surface area contributed by atoms with E-state index in [0.717, 1.165) is 24.3 Å². The second kappa shape index (κ2) is 17.9. The van der Waals surface area contributed by atoms with Crippen LogP contribution in [0.2, 0.25) is 0 Å². The maximum absolute atomic E-state index is 10.5. The van der Waals surface area contributed by atoms with Crippen molar-refractivity contribution in [3.63, 3.8) is 0 Å². The molecule has 0 heterocycles. The molecule has 0 aliphatic rings. The van der Waals surface area contributed by atoms with E-state index >= 15 is 0 Å². The smallest absolute Gasteiger partial charge is 0.152 e. The highest BCUT2D eigenvalue weighted by Crippen LogP contribution is 2.27. The van der Waals surface area contributed by atoms with E-state index in [2.05, 4.69) is 0 Å². The largest absolute Gasteiger partial charge is 0.390 e. The van der Waals surface area contributed by atoms with Gasteiger partial charge >= 0.3 is 0 Å². The van der Waals surface area contributed by atoms with Crippen LogP contribution in [0.4, 0.5) is 0 Å². The van der Waals surface area contributed by atoms with Crippen LogP contribution < -0.4 is 0 Å². The number of unbranched alkanes of at least 4 members (excludes halogenated alkanes) is 2. The van der Waals surface area contributed by atoms with E-state index in [1.54, 1.807) is 21.6 Å². The molecule has 6 nitrogen and oxygen atoms in total. The Kier molecular flexibility index (Phi) is 19.1. The number of hydrogen-bond acceptors (Lipinski definition) is 8. The third-order valence-corrected chi connectivity index (χ3v) is 8.97. The normalized spacial score (nSPS) is 16.7. The topological polar surface area (TPSA) is 115 Å². The minimum Gasteiger partial charge on any atom is -0.390 e. The monoisotopic (exact) mass is 458 g/mol. The SMILES string of the molecule is O=S(O)CCCCSSCC(O)C(O)CSSCCCCS(=O)O. The van der Waals surface area contributed by atoms with Gasteiger partial charge < -0.3 is 19.3 Å². The molecule has 0 spiro atoms. The molecule has 0 saturated carbocycles. The first-order chi connectivity index (χ1) is 11.4. The molecule has 0 aliphatic heterocycles. The Bertz CT molecular complexity index is 316. The van der Waals surface area contributed by atoms with Gasteiger partial charge in [-0.3, -0.25) is 0 Å². The number of aliphatic hydroxyl groups is 2. The van der Waals surface area contributed by atoms with Gasteiger partial charge in [-0.1, -0.05) is 43.2 Å². The van der Waals surface area contributed by atoms with E-state index in [0.29, 0.717) is 35.9 Å². The molecule has 0 aliphatic carbocycles. The Morgan fingerprint density at radius 3 is 1.38 bits per heavy atom. The highest BCUT2D eigenvalue weighted by atomic mass is 33.1. The summed E-state index contributed by atoms with van der Waals surface area (Å²) in [7, 11) is 6.20. The average Bonchev–Trinajstić information content (AvgIpc) is 2.51. The molecule has 0 amide bonds. The molecule has 0 fully saturated rings. The summed E-state index contributed by atoms with van der Waals surface area (Å²) in [5.74, 6) is 3.22. The zero-order valence-corrected chi connectivity index (χ0v) is 18.2. The second-order valence-electron chi connectivity index (χ2n) is 4.81. The van der Waals surface area contributed by atoms with Crippen molar-refractivity contribution in [2.45, 2.75) is 37.9 Å². The van der Waals surface area contributed by atoms with Crippen LogP contribution in [0.15, 0.2) is 0 Å². The van der Waals surface area contributed by atoms with E-state index < -0.39 is 34.4 Å². The number of aliphatic hydroxyl groups excluding tert-OH is 2. The van der Waals surface area contributed by atoms with Crippen LogP contribution in [-0.2, 0) is 22.2 Å². The van der Waals surface area contributed by atoms with Gasteiger partial charge in [0.05, 0.1) is 12.2 Å². The molecular weight excluding hydrogens is 433 g/mol. The molecule has 4 unspecified atom stereocenters. The van der Waals surface area contributed by atoms with E-state index in [-0.39, 0.29) is 0 Å². The second-order valence-corrected chi connectivity index (χ2v) is 12.2. The summed E-state index contributed by atoms with van der Waals surface area (Å²) in [4.78, 5) is 0. The summed E-state index contributed by atoms with van der Waals surface area (Å²) in [5, 5.41) is 19.7. The Morgan fingerprint density at radius 1 is 0.667 bits per heavy atom. The molecule has 0 aromatic heterocycles. The Labute approximate surface area is 164 Å². The van der Waals surface area contributed by atoms with E-state index in [9.17, 15) is 18.6 Å². The van der Waals surface area contributed by atoms with Gasteiger partial charge in [0.25, 0.3) is 0 Å². The van der Waals surface area contributed by atoms with Crippen molar-refractivity contribution in [1.82, 2.24) is 0 Å². The van der Waals surface area contributed by atoms with Crippen molar-refractivity contribution in [2.24, 2.45) is 0 Å². The van der Waals surface area contributed by atoms with Crippen LogP contribution in [0, 0.1) is 0 Å². The maximum Gasteiger partial charge on any atom is 0.152 e. The Morgan fingerprint density at radius 2 is 1.04 bits per heavy atom. The van der Waals surface area contributed by atoms with Gasteiger partial charge in [-0.2, -0.15) is 0 Å². The highest BCUT2D eigenvalue weighted by molar-refractivity contribution is 8.77. The predicted octanol–water partition coefficient (Wildman–Crippen LogP) is 2.47. The van der Waals surface area contributed by atoms with Gasteiger partial charge in [-0.05, 0) is 25.7 Å². The van der Waals surface area contributed by atoms with Crippen LogP contribution in [0.25, 0.3) is 0 Å². The summed E-state index contributed by atoms with van der Waals surface area (Å²) in [5.41, 5.74) is 0. The summed E-state index contributed by atoms with van der Waals surface area (Å²) < 4.78 is 38.1. The van der Waals surface area contributed by atoms with E-state index in [4.69, 9.17) is 9.11 Å². The van der Waals surface area contributed by atoms with Gasteiger partial charge in [0.2, 0.25) is 0 Å². The van der Waals surface area contributed by atoms with Crippen molar-refractivity contribution in [1.29, 1.82) is 0 Å². The van der Waals surface area contributed by atoms with Crippen LogP contribution in [0.3, 0.4) is 0 Å². The van der Waals surface area contributed by atoms with Crippen LogP contribution >= 0.6 is 43.2 Å². The minimum absolute atomic E-state index is 0.305. The molecule has 146 valence electrons. The lowest BCUT2D eigenvalue weighted by atomic mass is 10.3. The first kappa shape index (κ1) is 25.5. The van der Waals surface area contributed by atoms with Gasteiger partial charge in [-0.15, -0.1) is 0 Å². The van der Waals surface area contributed by atoms with Crippen molar-refractivity contribution in [3.8, 4) is 0 Å². The summed E-state index contributed by atoms with van der Waals surface area (Å²) in [6, 6.07) is 0. The van der Waals surface area contributed by atoms with Crippen LogP contribution in [0.5, 0.6) is 0 Å². The molecular formula is C12H26O6S6. The first-order valence-corrected chi connectivity index (χ1v) is 15.0. The molecule has 4 atom stereocenters. The summed E-state index contributed by atoms with van der Waals surface area (Å²) in [6.45, 7) is 0. The Balaban J connectivity index is 3.41. The van der Waals surface area contributed by atoms with E-state index in [1.807, 2.05) is 0 Å². The zero-order chi connectivity index (χ0) is 18.2. The van der Waals surface area contributed by atoms with Crippen molar-refractivity contribution in [2.75, 3.05) is 34.5 Å². The molecule has 12 heteroatoms. The summed E-state index contributed by atoms with van der Waals surface area (Å²) in [6.07, 6.45) is 1.61. The quantitative estimate of drug-likeness (QED) is 0.147. The molecule has 0 radical (unpaired) electrons. The molecule has 0 bridgehead atoms.